The van der Waals surface area contributed by atoms with Crippen molar-refractivity contribution in [3.63, 3.8) is 0 Å². The third-order valence-electron chi connectivity index (χ3n) is 15.5. The molecule has 0 spiro atoms. The molecule has 3 saturated heterocycles. The lowest BCUT2D eigenvalue weighted by atomic mass is 9.83. The van der Waals surface area contributed by atoms with Gasteiger partial charge in [-0.3, -0.25) is 34.3 Å². The van der Waals surface area contributed by atoms with E-state index in [4.69, 9.17) is 31.5 Å². The van der Waals surface area contributed by atoms with Crippen LogP contribution in [0.5, 0.6) is 11.5 Å². The summed E-state index contributed by atoms with van der Waals surface area (Å²) in [7, 11) is 0. The molecule has 388 valence electrons. The van der Waals surface area contributed by atoms with Crippen LogP contribution in [0, 0.1) is 18.7 Å². The molecule has 5 N–H and O–H groups in total. The van der Waals surface area contributed by atoms with Crippen molar-refractivity contribution in [3.8, 4) is 22.6 Å². The number of amides is 6. The smallest absolute Gasteiger partial charge is 0.328 e. The highest BCUT2D eigenvalue weighted by atomic mass is 35.5. The van der Waals surface area contributed by atoms with E-state index in [2.05, 4.69) is 33.0 Å². The fraction of sp³-hybridized carbons (Fsp3) is 0.482. The lowest BCUT2D eigenvalue weighted by Crippen LogP contribution is -2.53. The number of carbonyl (C=O) groups excluding carboxylic acids is 5. The minimum atomic E-state index is -0.770. The van der Waals surface area contributed by atoms with Crippen molar-refractivity contribution in [2.45, 2.75) is 108 Å². The van der Waals surface area contributed by atoms with Gasteiger partial charge in [-0.2, -0.15) is 0 Å². The Labute approximate surface area is 431 Å². The van der Waals surface area contributed by atoms with Crippen LogP contribution >= 0.6 is 11.6 Å². The first kappa shape index (κ1) is 51.8. The molecule has 5 aliphatic rings. The fourth-order valence-electron chi connectivity index (χ4n) is 11.2. The Morgan fingerprint density at radius 3 is 2.32 bits per heavy atom. The number of halogens is 2. The predicted molar refractivity (Wildman–Crippen MR) is 276 cm³/mol. The molecular weight excluding hydrogens is 953 g/mol. The Hall–Kier alpha value is -6.07. The Morgan fingerprint density at radius 2 is 1.60 bits per heavy atom. The average Bonchev–Trinajstić information content (AvgIpc) is 3.93. The molecule has 1 unspecified atom stereocenters. The van der Waals surface area contributed by atoms with Crippen LogP contribution in [0.3, 0.4) is 0 Å². The van der Waals surface area contributed by atoms with Gasteiger partial charge in [-0.1, -0.05) is 54.1 Å². The van der Waals surface area contributed by atoms with Gasteiger partial charge in [0.15, 0.2) is 18.2 Å². The van der Waals surface area contributed by atoms with E-state index in [1.165, 1.54) is 17.0 Å². The maximum absolute atomic E-state index is 16.4. The van der Waals surface area contributed by atoms with Crippen molar-refractivity contribution < 1.29 is 42.6 Å². The summed E-state index contributed by atoms with van der Waals surface area (Å²) < 4.78 is 33.9. The van der Waals surface area contributed by atoms with Crippen LogP contribution in [0.15, 0.2) is 78.9 Å². The second kappa shape index (κ2) is 23.9. The van der Waals surface area contributed by atoms with E-state index in [9.17, 15) is 24.0 Å². The molecule has 4 aromatic rings. The summed E-state index contributed by atoms with van der Waals surface area (Å²) in [4.78, 5) is 69.4. The van der Waals surface area contributed by atoms with Gasteiger partial charge in [-0.25, -0.2) is 9.18 Å². The van der Waals surface area contributed by atoms with Gasteiger partial charge in [0.2, 0.25) is 17.7 Å². The molecule has 2 atom stereocenters. The summed E-state index contributed by atoms with van der Waals surface area (Å²) in [6.45, 7) is 6.27. The minimum absolute atomic E-state index is 0.00385. The summed E-state index contributed by atoms with van der Waals surface area (Å²) in [5, 5.41) is 9.85. The third kappa shape index (κ3) is 12.7. The second-order valence-corrected chi connectivity index (χ2v) is 20.6. The highest BCUT2D eigenvalue weighted by molar-refractivity contribution is 6.33. The Morgan fingerprint density at radius 1 is 0.849 bits per heavy atom. The van der Waals surface area contributed by atoms with Crippen LogP contribution in [0.4, 0.5) is 14.9 Å². The first-order valence-corrected chi connectivity index (χ1v) is 26.4. The summed E-state index contributed by atoms with van der Waals surface area (Å²) >= 11 is 6.81. The molecule has 17 heteroatoms. The van der Waals surface area contributed by atoms with Gasteiger partial charge in [0.25, 0.3) is 5.91 Å². The number of ether oxygens (including phenoxy) is 3. The molecule has 3 aliphatic heterocycles. The number of rotatable bonds is 17. The van der Waals surface area contributed by atoms with Gasteiger partial charge in [-0.15, -0.1) is 0 Å². The van der Waals surface area contributed by atoms with E-state index >= 15 is 4.39 Å². The van der Waals surface area contributed by atoms with Crippen molar-refractivity contribution >= 4 is 46.9 Å². The topological polar surface area (TPSA) is 185 Å². The first-order chi connectivity index (χ1) is 35.4. The first-order valence-electron chi connectivity index (χ1n) is 26.0. The average molecular weight is 1020 g/mol. The van der Waals surface area contributed by atoms with Crippen molar-refractivity contribution in [1.82, 2.24) is 25.8 Å². The van der Waals surface area contributed by atoms with Gasteiger partial charge in [0, 0.05) is 104 Å². The molecule has 2 aliphatic carbocycles. The molecule has 6 amide bonds. The zero-order valence-corrected chi connectivity index (χ0v) is 42.3. The number of anilines is 1. The normalized spacial score (nSPS) is 23.1. The number of piperazine rings is 1. The monoisotopic (exact) mass is 1020 g/mol. The van der Waals surface area contributed by atoms with Crippen LogP contribution < -0.4 is 36.1 Å². The number of urea groups is 1. The standard InChI is InChI=1S/C56H67ClFN7O8/c1-35-9-19-42(31-48(35)65-24-23-50(66)62-56(65)70)72-34-51(67)64-27-25-63(26-28-64)41-17-10-37(11-18-41)55(69)61-40-15-13-39(14-16-40)60-32-46(36-6-3-2-4-7-36)38-12-21-47(57)45(30-38)52-44(54(59)68)20-22-49(53(52)58)73-33-43-8-5-29-71-43/h2-4,6-7,9,12,19-22,30-31,37,39-41,43,46,60H,5,8,10-11,13-18,23-29,32-34H2,1H3,(H2,59,68)(H,61,69)(H,62,66,70)/t37?,39?,40?,41?,43-,46?/m0/s1. The van der Waals surface area contributed by atoms with Crippen molar-refractivity contribution in [1.29, 1.82) is 0 Å². The van der Waals surface area contributed by atoms with Gasteiger partial charge < -0.3 is 35.5 Å². The van der Waals surface area contributed by atoms with E-state index in [0.717, 1.165) is 94.0 Å². The third-order valence-corrected chi connectivity index (χ3v) is 15.8. The van der Waals surface area contributed by atoms with Crippen LogP contribution in [0.25, 0.3) is 11.1 Å². The predicted octanol–water partition coefficient (Wildman–Crippen LogP) is 7.49. The van der Waals surface area contributed by atoms with Crippen molar-refractivity contribution in [2.75, 3.05) is 64.0 Å². The minimum Gasteiger partial charge on any atom is -0.488 e. The zero-order chi connectivity index (χ0) is 51.0. The van der Waals surface area contributed by atoms with Crippen LogP contribution in [-0.4, -0.2) is 123 Å². The number of hydrogen-bond donors (Lipinski definition) is 4. The number of benzene rings is 4. The molecule has 73 heavy (non-hydrogen) atoms. The van der Waals surface area contributed by atoms with E-state index in [0.29, 0.717) is 49.3 Å². The molecule has 3 heterocycles. The van der Waals surface area contributed by atoms with E-state index in [-0.39, 0.29) is 95.8 Å². The number of nitrogens with zero attached hydrogens (tertiary/aromatic N) is 3. The number of nitrogens with two attached hydrogens (primary N) is 1. The van der Waals surface area contributed by atoms with E-state index in [1.807, 2.05) is 48.2 Å². The number of imide groups is 1. The maximum atomic E-state index is 16.4. The molecule has 9 rings (SSSR count). The maximum Gasteiger partial charge on any atom is 0.328 e. The van der Waals surface area contributed by atoms with Crippen molar-refractivity contribution in [3.05, 3.63) is 112 Å². The quantitative estimate of drug-likeness (QED) is 0.0827. The van der Waals surface area contributed by atoms with Crippen molar-refractivity contribution in [2.24, 2.45) is 11.7 Å². The molecule has 2 saturated carbocycles. The number of primary amides is 1. The Kier molecular flexibility index (Phi) is 16.9. The Balaban J connectivity index is 0.725. The fourth-order valence-corrected chi connectivity index (χ4v) is 11.5. The van der Waals surface area contributed by atoms with Crippen LogP contribution in [0.2, 0.25) is 5.02 Å². The summed E-state index contributed by atoms with van der Waals surface area (Å²) in [6.07, 6.45) is 9.00. The Bertz CT molecular complexity index is 2630. The molecule has 0 bridgehead atoms. The molecule has 0 radical (unpaired) electrons. The zero-order valence-electron chi connectivity index (χ0n) is 41.6. The summed E-state index contributed by atoms with van der Waals surface area (Å²) in [6, 6.07) is 24.2. The summed E-state index contributed by atoms with van der Waals surface area (Å²) in [5.74, 6) is -1.35. The highest BCUT2D eigenvalue weighted by Crippen LogP contribution is 2.40. The second-order valence-electron chi connectivity index (χ2n) is 20.2. The van der Waals surface area contributed by atoms with Crippen LogP contribution in [-0.2, 0) is 19.1 Å². The van der Waals surface area contributed by atoms with E-state index < -0.39 is 17.8 Å². The molecular formula is C56H67ClFN7O8. The lowest BCUT2D eigenvalue weighted by Gasteiger charge is -2.42. The summed E-state index contributed by atoms with van der Waals surface area (Å²) in [5.41, 5.74) is 9.66. The number of aryl methyl sites for hydroxylation is 1. The molecule has 15 nitrogen and oxygen atoms in total. The van der Waals surface area contributed by atoms with Gasteiger partial charge in [0.1, 0.15) is 12.4 Å². The number of nitrogens with one attached hydrogen (secondary N) is 3. The molecule has 0 aromatic heterocycles. The largest absolute Gasteiger partial charge is 0.488 e. The SMILES string of the molecule is Cc1ccc(OCC(=O)N2CCN(C3CCC(C(=O)NC4CCC(NCC(c5ccccc5)c5ccc(Cl)c(-c6c(C(N)=O)ccc(OC[C@@H]7CCCO7)c6F)c5)CC4)CC3)CC2)cc1N1CCC(=O)NC1=O. The van der Waals surface area contributed by atoms with Crippen LogP contribution in [0.1, 0.15) is 104 Å². The highest BCUT2D eigenvalue weighted by Gasteiger charge is 2.34. The number of carbonyl (C=O) groups is 5. The van der Waals surface area contributed by atoms with E-state index in [1.54, 1.807) is 18.2 Å². The number of hydrogen-bond acceptors (Lipinski definition) is 10. The lowest BCUT2D eigenvalue weighted by molar-refractivity contribution is -0.136. The van der Waals surface area contributed by atoms with Gasteiger partial charge in [-0.05, 0) is 118 Å². The molecule has 5 fully saturated rings. The van der Waals surface area contributed by atoms with Gasteiger partial charge >= 0.3 is 6.03 Å². The van der Waals surface area contributed by atoms with Gasteiger partial charge in [0.05, 0.1) is 17.4 Å². The molecule has 4 aromatic carbocycles.